The third kappa shape index (κ3) is 7.12. The predicted octanol–water partition coefficient (Wildman–Crippen LogP) is 3.75. The maximum absolute atomic E-state index is 12.1. The topological polar surface area (TPSA) is 138 Å². The first-order valence-electron chi connectivity index (χ1n) is 12.9. The van der Waals surface area contributed by atoms with Crippen molar-refractivity contribution in [1.29, 1.82) is 0 Å². The van der Waals surface area contributed by atoms with E-state index in [1.165, 1.54) is 6.92 Å². The first kappa shape index (κ1) is 30.7. The quantitative estimate of drug-likeness (QED) is 0.261. The highest BCUT2D eigenvalue weighted by Gasteiger charge is 2.53. The van der Waals surface area contributed by atoms with Gasteiger partial charge in [-0.3, -0.25) is 19.2 Å². The van der Waals surface area contributed by atoms with E-state index in [9.17, 15) is 19.2 Å². The van der Waals surface area contributed by atoms with Crippen LogP contribution in [0.2, 0.25) is 5.02 Å². The molecule has 0 unspecified atom stereocenters. The summed E-state index contributed by atoms with van der Waals surface area (Å²) in [6.45, 7) is 4.23. The van der Waals surface area contributed by atoms with Gasteiger partial charge in [0.25, 0.3) is 0 Å². The zero-order chi connectivity index (χ0) is 30.6. The van der Waals surface area contributed by atoms with Crippen LogP contribution in [0.4, 0.5) is 0 Å². The summed E-state index contributed by atoms with van der Waals surface area (Å²) in [6.07, 6.45) is -4.72. The van der Waals surface area contributed by atoms with Gasteiger partial charge in [0.05, 0.1) is 17.6 Å². The van der Waals surface area contributed by atoms with Crippen LogP contribution in [-0.4, -0.2) is 72.9 Å². The number of nitrogens with zero attached hydrogens (tertiary/aromatic N) is 1. The molecule has 0 saturated carbocycles. The van der Waals surface area contributed by atoms with Gasteiger partial charge in [0.15, 0.2) is 12.2 Å². The molecule has 0 bridgehead atoms. The number of rotatable bonds is 9. The highest BCUT2D eigenvalue weighted by Crippen LogP contribution is 2.35. The molecule has 5 atom stereocenters. The van der Waals surface area contributed by atoms with Gasteiger partial charge >= 0.3 is 23.9 Å². The lowest BCUT2D eigenvalue weighted by Crippen LogP contribution is -2.63. The minimum Gasteiger partial charge on any atom is -0.497 e. The van der Waals surface area contributed by atoms with Crippen LogP contribution in [0.3, 0.4) is 0 Å². The van der Waals surface area contributed by atoms with Gasteiger partial charge in [-0.1, -0.05) is 11.6 Å². The first-order valence-corrected chi connectivity index (χ1v) is 13.3. The lowest BCUT2D eigenvalue weighted by molar-refractivity contribution is -0.288. The molecule has 0 aliphatic carbocycles. The second-order valence-corrected chi connectivity index (χ2v) is 9.82. The van der Waals surface area contributed by atoms with E-state index < -0.39 is 54.6 Å². The third-order valence-electron chi connectivity index (χ3n) is 6.28. The highest BCUT2D eigenvalue weighted by molar-refractivity contribution is 6.32. The molecule has 1 fully saturated rings. The molecule has 2 aromatic carbocycles. The van der Waals surface area contributed by atoms with Gasteiger partial charge in [0, 0.05) is 45.0 Å². The van der Waals surface area contributed by atoms with Crippen molar-refractivity contribution in [2.24, 2.45) is 0 Å². The van der Waals surface area contributed by atoms with Crippen LogP contribution < -0.4 is 9.47 Å². The van der Waals surface area contributed by atoms with E-state index >= 15 is 0 Å². The molecule has 0 spiro atoms. The molecule has 3 aromatic rings. The molecular weight excluding hydrogens is 574 g/mol. The Hall–Kier alpha value is -4.29. The smallest absolute Gasteiger partial charge is 0.303 e. The average molecular weight is 604 g/mol. The summed E-state index contributed by atoms with van der Waals surface area (Å²) in [5.74, 6) is -1.97. The molecule has 2 heterocycles. The van der Waals surface area contributed by atoms with Gasteiger partial charge < -0.3 is 37.7 Å². The normalized spacial score (nSPS) is 21.7. The Labute approximate surface area is 246 Å². The minimum atomic E-state index is -1.41. The lowest BCUT2D eigenvalue weighted by atomic mass is 9.98. The summed E-state index contributed by atoms with van der Waals surface area (Å²) in [7, 11) is 1.60. The Morgan fingerprint density at radius 3 is 2.12 bits per heavy atom. The number of carbonyl (C=O) groups excluding carboxylic acids is 4. The number of benzene rings is 2. The van der Waals surface area contributed by atoms with Crippen LogP contribution in [0.15, 0.2) is 48.7 Å². The number of esters is 4. The first-order chi connectivity index (χ1) is 20.0. The Bertz CT molecular complexity index is 1490. The Morgan fingerprint density at radius 1 is 0.833 bits per heavy atom. The molecule has 0 radical (unpaired) electrons. The number of ether oxygens (including phenoxy) is 7. The fourth-order valence-electron chi connectivity index (χ4n) is 4.62. The van der Waals surface area contributed by atoms with Crippen LogP contribution in [-0.2, 0) is 42.9 Å². The number of hydrogen-bond acceptors (Lipinski definition) is 11. The highest BCUT2D eigenvalue weighted by atomic mass is 35.5. The minimum absolute atomic E-state index is 0.152. The van der Waals surface area contributed by atoms with Crippen molar-refractivity contribution < 1.29 is 52.3 Å². The fraction of sp³-hybridized carbons (Fsp3) is 0.379. The van der Waals surface area contributed by atoms with Crippen molar-refractivity contribution >= 4 is 46.4 Å². The zero-order valence-electron chi connectivity index (χ0n) is 23.5. The molecule has 224 valence electrons. The van der Waals surface area contributed by atoms with Gasteiger partial charge in [-0.05, 0) is 42.5 Å². The average Bonchev–Trinajstić information content (AvgIpc) is 3.34. The molecule has 1 aliphatic heterocycles. The Morgan fingerprint density at radius 2 is 1.50 bits per heavy atom. The number of halogens is 1. The predicted molar refractivity (Wildman–Crippen MR) is 147 cm³/mol. The molecule has 0 amide bonds. The van der Waals surface area contributed by atoms with E-state index in [0.717, 1.165) is 43.1 Å². The Balaban J connectivity index is 1.67. The maximum Gasteiger partial charge on any atom is 0.303 e. The van der Waals surface area contributed by atoms with Crippen LogP contribution in [0, 0.1) is 0 Å². The standard InChI is InChI=1S/C29H30ClNO11/c1-15(32)37-14-25-26(38-16(2)33)27(39-17(3)34)28(40-18(4)35)29(42-25)41-24-9-6-20(13-22(24)30)31-11-10-19-12-21(36-5)7-8-23(19)31/h6-13,25-29H,14H2,1-5H3/t25-,26-,27+,28+,29+/m1/s1. The second-order valence-electron chi connectivity index (χ2n) is 9.41. The van der Waals surface area contributed by atoms with Gasteiger partial charge in [0.2, 0.25) is 12.4 Å². The fourth-order valence-corrected chi connectivity index (χ4v) is 4.84. The van der Waals surface area contributed by atoms with E-state index in [-0.39, 0.29) is 17.4 Å². The van der Waals surface area contributed by atoms with Crippen molar-refractivity contribution in [2.75, 3.05) is 13.7 Å². The number of hydrogen-bond donors (Lipinski definition) is 0. The molecule has 12 nitrogen and oxygen atoms in total. The van der Waals surface area contributed by atoms with E-state index in [2.05, 4.69) is 0 Å². The van der Waals surface area contributed by atoms with Gasteiger partial charge in [0.1, 0.15) is 24.2 Å². The van der Waals surface area contributed by atoms with E-state index in [1.54, 1.807) is 25.3 Å². The summed E-state index contributed by atoms with van der Waals surface area (Å²) in [5.41, 5.74) is 1.65. The molecule has 1 aromatic heterocycles. The molecule has 13 heteroatoms. The molecule has 1 aliphatic rings. The van der Waals surface area contributed by atoms with E-state index in [1.807, 2.05) is 35.0 Å². The molecule has 42 heavy (non-hydrogen) atoms. The Kier molecular flexibility index (Phi) is 9.59. The van der Waals surface area contributed by atoms with Gasteiger partial charge in [-0.15, -0.1) is 0 Å². The largest absolute Gasteiger partial charge is 0.497 e. The number of carbonyl (C=O) groups is 4. The van der Waals surface area contributed by atoms with Crippen LogP contribution in [0.25, 0.3) is 16.6 Å². The summed E-state index contributed by atoms with van der Waals surface area (Å²) in [5, 5.41) is 1.15. The summed E-state index contributed by atoms with van der Waals surface area (Å²) in [6, 6.07) is 12.7. The SMILES string of the molecule is COc1ccc2c(ccn2-c2ccc(O[C@H]3O[C@H](COC(C)=O)[C@@H](OC(C)=O)[C@H](OC(C)=O)[C@@H]3OC(C)=O)c(Cl)c2)c1. The molecule has 4 rings (SSSR count). The number of methoxy groups -OCH3 is 1. The van der Waals surface area contributed by atoms with Crippen molar-refractivity contribution in [3.05, 3.63) is 53.7 Å². The second kappa shape index (κ2) is 13.1. The lowest BCUT2D eigenvalue weighted by Gasteiger charge is -2.44. The van der Waals surface area contributed by atoms with Crippen LogP contribution in [0.5, 0.6) is 11.5 Å². The van der Waals surface area contributed by atoms with Gasteiger partial charge in [-0.2, -0.15) is 0 Å². The van der Waals surface area contributed by atoms with Crippen molar-refractivity contribution in [3.8, 4) is 17.2 Å². The zero-order valence-corrected chi connectivity index (χ0v) is 24.3. The van der Waals surface area contributed by atoms with Crippen molar-refractivity contribution in [3.63, 3.8) is 0 Å². The van der Waals surface area contributed by atoms with E-state index in [4.69, 9.17) is 44.8 Å². The number of aromatic nitrogens is 1. The molecule has 0 N–H and O–H groups in total. The summed E-state index contributed by atoms with van der Waals surface area (Å²) in [4.78, 5) is 47.6. The maximum atomic E-state index is 12.1. The van der Waals surface area contributed by atoms with E-state index in [0.29, 0.717) is 0 Å². The monoisotopic (exact) mass is 603 g/mol. The number of fused-ring (bicyclic) bond motifs is 1. The van der Waals surface area contributed by atoms with Crippen LogP contribution in [0.1, 0.15) is 27.7 Å². The van der Waals surface area contributed by atoms with Gasteiger partial charge in [-0.25, -0.2) is 0 Å². The van der Waals surface area contributed by atoms with Crippen molar-refractivity contribution in [2.45, 2.75) is 58.4 Å². The van der Waals surface area contributed by atoms with Crippen molar-refractivity contribution in [1.82, 2.24) is 4.57 Å². The summed E-state index contributed by atoms with van der Waals surface area (Å²) >= 11 is 6.63. The molecular formula is C29H30ClNO11. The summed E-state index contributed by atoms with van der Waals surface area (Å²) < 4.78 is 40.6. The third-order valence-corrected chi connectivity index (χ3v) is 6.58. The molecule has 1 saturated heterocycles. The van der Waals surface area contributed by atoms with Crippen LogP contribution >= 0.6 is 11.6 Å².